The van der Waals surface area contributed by atoms with Crippen molar-refractivity contribution in [2.45, 2.75) is 13.5 Å². The van der Waals surface area contributed by atoms with Crippen LogP contribution in [0.15, 0.2) is 35.1 Å². The number of aromatic nitrogens is 2. The van der Waals surface area contributed by atoms with Crippen LogP contribution < -0.4 is 10.3 Å². The minimum atomic E-state index is -1.23. The first kappa shape index (κ1) is 13.8. The van der Waals surface area contributed by atoms with Crippen molar-refractivity contribution >= 4 is 5.97 Å². The first-order chi connectivity index (χ1) is 9.52. The van der Waals surface area contributed by atoms with Gasteiger partial charge in [-0.25, -0.2) is 9.78 Å². The maximum atomic E-state index is 12.1. The number of hydrogen-bond acceptors (Lipinski definition) is 4. The van der Waals surface area contributed by atoms with Crippen LogP contribution in [0.25, 0.3) is 0 Å². The summed E-state index contributed by atoms with van der Waals surface area (Å²) in [6.07, 6.45) is 0. The molecule has 0 unspecified atom stereocenters. The summed E-state index contributed by atoms with van der Waals surface area (Å²) in [5.74, 6) is -0.787. The first-order valence-corrected chi connectivity index (χ1v) is 5.96. The minimum absolute atomic E-state index is 0.197. The third kappa shape index (κ3) is 2.69. The van der Waals surface area contributed by atoms with Crippen LogP contribution in [0, 0.1) is 6.92 Å². The molecule has 1 N–H and O–H groups in total. The Morgan fingerprint density at radius 2 is 2.10 bits per heavy atom. The number of carboxylic acids is 1. The van der Waals surface area contributed by atoms with Crippen molar-refractivity contribution in [2.75, 3.05) is 7.11 Å². The Bertz CT molecular complexity index is 707. The van der Waals surface area contributed by atoms with Gasteiger partial charge < -0.3 is 14.4 Å². The molecule has 0 amide bonds. The number of carbonyl (C=O) groups is 1. The lowest BCUT2D eigenvalue weighted by Gasteiger charge is -2.11. The van der Waals surface area contributed by atoms with Crippen molar-refractivity contribution in [3.63, 3.8) is 0 Å². The Morgan fingerprint density at radius 1 is 1.35 bits per heavy atom. The third-order valence-electron chi connectivity index (χ3n) is 2.93. The van der Waals surface area contributed by atoms with Crippen LogP contribution in [0.5, 0.6) is 5.88 Å². The van der Waals surface area contributed by atoms with Gasteiger partial charge in [0.1, 0.15) is 5.56 Å². The third-order valence-corrected chi connectivity index (χ3v) is 2.93. The second-order valence-electron chi connectivity index (χ2n) is 4.26. The summed E-state index contributed by atoms with van der Waals surface area (Å²) in [5.41, 5.74) is 0.502. The average molecular weight is 274 g/mol. The van der Waals surface area contributed by atoms with Gasteiger partial charge in [0.05, 0.1) is 19.3 Å². The fraction of sp³-hybridized carbons (Fsp3) is 0.214. The number of aryl methyl sites for hydroxylation is 1. The Labute approximate surface area is 115 Å². The van der Waals surface area contributed by atoms with Crippen LogP contribution in [0.3, 0.4) is 0 Å². The highest BCUT2D eigenvalue weighted by atomic mass is 16.5. The average Bonchev–Trinajstić information content (AvgIpc) is 2.43. The zero-order valence-corrected chi connectivity index (χ0v) is 11.2. The lowest BCUT2D eigenvalue weighted by molar-refractivity contribution is 0.0694. The summed E-state index contributed by atoms with van der Waals surface area (Å²) in [7, 11) is 1.51. The topological polar surface area (TPSA) is 81.4 Å². The maximum Gasteiger partial charge on any atom is 0.341 e. The van der Waals surface area contributed by atoms with E-state index in [9.17, 15) is 9.59 Å². The molecule has 0 atom stereocenters. The van der Waals surface area contributed by atoms with E-state index in [1.807, 2.05) is 0 Å². The SMILES string of the molecule is COc1cccc(Cn2c(C)ccc(C(=O)O)c2=O)n1. The van der Waals surface area contributed by atoms with Gasteiger partial charge in [0.25, 0.3) is 5.56 Å². The summed E-state index contributed by atoms with van der Waals surface area (Å²) in [4.78, 5) is 27.3. The second-order valence-corrected chi connectivity index (χ2v) is 4.26. The molecule has 2 aromatic heterocycles. The van der Waals surface area contributed by atoms with E-state index in [2.05, 4.69) is 4.98 Å². The van der Waals surface area contributed by atoms with E-state index in [0.717, 1.165) is 0 Å². The van der Waals surface area contributed by atoms with Gasteiger partial charge in [-0.1, -0.05) is 6.07 Å². The summed E-state index contributed by atoms with van der Waals surface area (Å²) < 4.78 is 6.40. The van der Waals surface area contributed by atoms with Crippen molar-refractivity contribution in [2.24, 2.45) is 0 Å². The molecule has 6 heteroatoms. The Kier molecular flexibility index (Phi) is 3.84. The predicted octanol–water partition coefficient (Wildman–Crippen LogP) is 1.31. The molecule has 0 saturated heterocycles. The van der Waals surface area contributed by atoms with E-state index >= 15 is 0 Å². The zero-order chi connectivity index (χ0) is 14.7. The number of carboxylic acid groups (broad SMARTS) is 1. The van der Waals surface area contributed by atoms with Gasteiger partial charge >= 0.3 is 5.97 Å². The van der Waals surface area contributed by atoms with Crippen molar-refractivity contribution in [3.05, 3.63) is 57.6 Å². The highest BCUT2D eigenvalue weighted by Gasteiger charge is 2.13. The van der Waals surface area contributed by atoms with Gasteiger partial charge in [-0.05, 0) is 25.1 Å². The van der Waals surface area contributed by atoms with Gasteiger partial charge in [0.2, 0.25) is 5.88 Å². The van der Waals surface area contributed by atoms with Gasteiger partial charge in [-0.3, -0.25) is 4.79 Å². The molecule has 104 valence electrons. The number of aromatic carboxylic acids is 1. The molecule has 0 aliphatic heterocycles. The van der Waals surface area contributed by atoms with Crippen LogP contribution >= 0.6 is 0 Å². The van der Waals surface area contributed by atoms with E-state index in [0.29, 0.717) is 17.3 Å². The molecule has 2 rings (SSSR count). The largest absolute Gasteiger partial charge is 0.481 e. The number of nitrogens with zero attached hydrogens (tertiary/aromatic N) is 2. The molecule has 0 aliphatic rings. The molecular weight excluding hydrogens is 260 g/mol. The van der Waals surface area contributed by atoms with Crippen LogP contribution in [0.1, 0.15) is 21.7 Å². The number of methoxy groups -OCH3 is 1. The Morgan fingerprint density at radius 3 is 2.75 bits per heavy atom. The monoisotopic (exact) mass is 274 g/mol. The highest BCUT2D eigenvalue weighted by molar-refractivity contribution is 5.87. The normalized spacial score (nSPS) is 10.3. The van der Waals surface area contributed by atoms with Crippen LogP contribution in [0.2, 0.25) is 0 Å². The summed E-state index contributed by atoms with van der Waals surface area (Å²) in [5, 5.41) is 8.98. The molecule has 20 heavy (non-hydrogen) atoms. The summed E-state index contributed by atoms with van der Waals surface area (Å²) in [6, 6.07) is 8.14. The molecule has 0 radical (unpaired) electrons. The number of rotatable bonds is 4. The van der Waals surface area contributed by atoms with E-state index < -0.39 is 11.5 Å². The smallest absolute Gasteiger partial charge is 0.341 e. The van der Waals surface area contributed by atoms with Gasteiger partial charge in [-0.15, -0.1) is 0 Å². The quantitative estimate of drug-likeness (QED) is 0.909. The Hall–Kier alpha value is -2.63. The standard InChI is InChI=1S/C14H14N2O4/c1-9-6-7-11(14(18)19)13(17)16(9)8-10-4-3-5-12(15-10)20-2/h3-7H,8H2,1-2H3,(H,18,19). The molecule has 0 bridgehead atoms. The summed E-state index contributed by atoms with van der Waals surface area (Å²) in [6.45, 7) is 1.94. The molecule has 2 heterocycles. The number of ether oxygens (including phenoxy) is 1. The van der Waals surface area contributed by atoms with Crippen molar-refractivity contribution in [3.8, 4) is 5.88 Å². The molecule has 0 fully saturated rings. The predicted molar refractivity (Wildman–Crippen MR) is 72.3 cm³/mol. The maximum absolute atomic E-state index is 12.1. The fourth-order valence-electron chi connectivity index (χ4n) is 1.85. The number of hydrogen-bond donors (Lipinski definition) is 1. The molecule has 0 aliphatic carbocycles. The highest BCUT2D eigenvalue weighted by Crippen LogP contribution is 2.09. The van der Waals surface area contributed by atoms with Crippen molar-refractivity contribution in [1.29, 1.82) is 0 Å². The molecule has 0 aromatic carbocycles. The lowest BCUT2D eigenvalue weighted by atomic mass is 10.2. The van der Waals surface area contributed by atoms with Crippen LogP contribution in [-0.4, -0.2) is 27.7 Å². The minimum Gasteiger partial charge on any atom is -0.481 e. The van der Waals surface area contributed by atoms with Crippen molar-refractivity contribution < 1.29 is 14.6 Å². The molecule has 0 spiro atoms. The molecule has 6 nitrogen and oxygen atoms in total. The fourth-order valence-corrected chi connectivity index (χ4v) is 1.85. The molecule has 0 saturated carbocycles. The van der Waals surface area contributed by atoms with Gasteiger partial charge in [0.15, 0.2) is 0 Å². The first-order valence-electron chi connectivity index (χ1n) is 5.96. The zero-order valence-electron chi connectivity index (χ0n) is 11.2. The second kappa shape index (κ2) is 5.56. The molecular formula is C14H14N2O4. The van der Waals surface area contributed by atoms with Gasteiger partial charge in [0, 0.05) is 11.8 Å². The van der Waals surface area contributed by atoms with E-state index in [-0.39, 0.29) is 12.1 Å². The Balaban J connectivity index is 2.45. The molecule has 2 aromatic rings. The van der Waals surface area contributed by atoms with Crippen molar-refractivity contribution in [1.82, 2.24) is 9.55 Å². The lowest BCUT2D eigenvalue weighted by Crippen LogP contribution is -2.28. The summed E-state index contributed by atoms with van der Waals surface area (Å²) >= 11 is 0. The number of pyridine rings is 2. The van der Waals surface area contributed by atoms with E-state index in [1.54, 1.807) is 31.2 Å². The van der Waals surface area contributed by atoms with Gasteiger partial charge in [-0.2, -0.15) is 0 Å². The van der Waals surface area contributed by atoms with Crippen LogP contribution in [0.4, 0.5) is 0 Å². The van der Waals surface area contributed by atoms with Crippen LogP contribution in [-0.2, 0) is 6.54 Å². The van der Waals surface area contributed by atoms with E-state index in [4.69, 9.17) is 9.84 Å². The van der Waals surface area contributed by atoms with E-state index in [1.165, 1.54) is 17.7 Å².